The average Bonchev–Trinajstić information content (AvgIpc) is 3.86. The maximum absolute atomic E-state index is 17.0. The molecule has 4 aliphatic rings. The number of rotatable bonds is 10. The number of halogens is 2. The largest absolute Gasteiger partial charge is 0.508 e. The van der Waals surface area contributed by atoms with Crippen molar-refractivity contribution in [3.63, 3.8) is 0 Å². The topological polar surface area (TPSA) is 104 Å². The summed E-state index contributed by atoms with van der Waals surface area (Å²) in [5, 5.41) is 23.2. The van der Waals surface area contributed by atoms with E-state index in [1.54, 1.807) is 25.3 Å². The Balaban J connectivity index is 1.15. The molecule has 1 saturated carbocycles. The minimum Gasteiger partial charge on any atom is -0.508 e. The van der Waals surface area contributed by atoms with Crippen LogP contribution in [0.1, 0.15) is 83.6 Å². The van der Waals surface area contributed by atoms with E-state index in [0.717, 1.165) is 51.9 Å². The number of pyridine rings is 1. The van der Waals surface area contributed by atoms with Gasteiger partial charge in [-0.1, -0.05) is 25.8 Å². The van der Waals surface area contributed by atoms with Crippen molar-refractivity contribution in [3.8, 4) is 23.0 Å². The number of ether oxygens (including phenoxy) is 2. The van der Waals surface area contributed by atoms with E-state index in [1.807, 2.05) is 11.8 Å². The SMILES string of the molecule is CCc1c(F)ccc2cc(O)cc(-c3ncc4c(N5CCC[C@@](C)(O)C5)nc(OC[C@@]56CCCN5[C@H](COCC5CCCC5)CC6)nc4c3F)c12. The Morgan fingerprint density at radius 3 is 2.61 bits per heavy atom. The molecule has 2 aromatic heterocycles. The lowest BCUT2D eigenvalue weighted by molar-refractivity contribution is 0.0259. The predicted molar refractivity (Wildman–Crippen MR) is 193 cm³/mol. The lowest BCUT2D eigenvalue weighted by Gasteiger charge is -2.38. The van der Waals surface area contributed by atoms with Crippen molar-refractivity contribution >= 4 is 27.5 Å². The van der Waals surface area contributed by atoms with Gasteiger partial charge in [0, 0.05) is 37.5 Å². The van der Waals surface area contributed by atoms with Gasteiger partial charge in [0.25, 0.3) is 0 Å². The zero-order chi connectivity index (χ0) is 35.3. The fourth-order valence-electron chi connectivity index (χ4n) is 9.48. The number of aromatic hydroxyl groups is 1. The summed E-state index contributed by atoms with van der Waals surface area (Å²) in [6, 6.07) is 6.35. The normalized spacial score (nSPS) is 25.7. The Kier molecular flexibility index (Phi) is 9.25. The van der Waals surface area contributed by atoms with Gasteiger partial charge in [0.05, 0.1) is 23.1 Å². The van der Waals surface area contributed by atoms with E-state index >= 15 is 8.78 Å². The lowest BCUT2D eigenvalue weighted by Crippen LogP contribution is -2.48. The highest BCUT2D eigenvalue weighted by Gasteiger charge is 2.50. The van der Waals surface area contributed by atoms with E-state index in [0.29, 0.717) is 72.0 Å². The molecule has 8 rings (SSSR count). The molecule has 3 aliphatic heterocycles. The van der Waals surface area contributed by atoms with Gasteiger partial charge in [0.2, 0.25) is 0 Å². The zero-order valence-electron chi connectivity index (χ0n) is 29.8. The second-order valence-corrected chi connectivity index (χ2v) is 15.7. The second-order valence-electron chi connectivity index (χ2n) is 15.7. The van der Waals surface area contributed by atoms with E-state index in [4.69, 9.17) is 14.5 Å². The third kappa shape index (κ3) is 6.50. The smallest absolute Gasteiger partial charge is 0.319 e. The third-order valence-corrected chi connectivity index (χ3v) is 12.0. The zero-order valence-corrected chi connectivity index (χ0v) is 29.8. The number of hydrogen-bond acceptors (Lipinski definition) is 9. The van der Waals surface area contributed by atoms with Crippen LogP contribution in [0.5, 0.6) is 11.8 Å². The summed E-state index contributed by atoms with van der Waals surface area (Å²) in [6.07, 6.45) is 12.6. The number of aliphatic hydroxyl groups is 1. The first-order valence-corrected chi connectivity index (χ1v) is 18.9. The fourth-order valence-corrected chi connectivity index (χ4v) is 9.48. The Morgan fingerprint density at radius 1 is 0.980 bits per heavy atom. The van der Waals surface area contributed by atoms with Crippen LogP contribution in [0.2, 0.25) is 0 Å². The summed E-state index contributed by atoms with van der Waals surface area (Å²) in [5.41, 5.74) is -0.394. The van der Waals surface area contributed by atoms with Crippen molar-refractivity contribution in [2.24, 2.45) is 5.92 Å². The molecular weight excluding hydrogens is 652 g/mol. The molecule has 3 saturated heterocycles. The lowest BCUT2D eigenvalue weighted by atomic mass is 9.94. The number of anilines is 1. The van der Waals surface area contributed by atoms with E-state index in [-0.39, 0.29) is 34.1 Å². The van der Waals surface area contributed by atoms with Gasteiger partial charge in [-0.15, -0.1) is 0 Å². The number of phenols is 1. The maximum Gasteiger partial charge on any atom is 0.319 e. The molecule has 0 amide bonds. The van der Waals surface area contributed by atoms with Crippen LogP contribution in [0, 0.1) is 17.6 Å². The highest BCUT2D eigenvalue weighted by molar-refractivity contribution is 6.01. The number of piperidine rings is 1. The molecule has 0 unspecified atom stereocenters. The molecule has 3 atom stereocenters. The van der Waals surface area contributed by atoms with Crippen LogP contribution in [0.15, 0.2) is 30.5 Å². The summed E-state index contributed by atoms with van der Waals surface area (Å²) in [7, 11) is 0. The van der Waals surface area contributed by atoms with Gasteiger partial charge in [0.15, 0.2) is 5.82 Å². The van der Waals surface area contributed by atoms with Crippen molar-refractivity contribution in [3.05, 3.63) is 47.7 Å². The van der Waals surface area contributed by atoms with Crippen LogP contribution in [0.4, 0.5) is 14.6 Å². The molecule has 11 heteroatoms. The average molecular weight is 702 g/mol. The summed E-state index contributed by atoms with van der Waals surface area (Å²) in [4.78, 5) is 18.6. The number of phenolic OH excluding ortho intramolecular Hbond substituents is 1. The summed E-state index contributed by atoms with van der Waals surface area (Å²) < 4.78 is 44.8. The van der Waals surface area contributed by atoms with Crippen LogP contribution in [-0.4, -0.2) is 86.7 Å². The first-order chi connectivity index (χ1) is 24.6. The molecule has 2 aromatic carbocycles. The predicted octanol–water partition coefficient (Wildman–Crippen LogP) is 7.33. The Morgan fingerprint density at radius 2 is 1.80 bits per heavy atom. The van der Waals surface area contributed by atoms with Gasteiger partial charge in [0.1, 0.15) is 35.2 Å². The molecule has 5 heterocycles. The molecule has 9 nitrogen and oxygen atoms in total. The van der Waals surface area contributed by atoms with Gasteiger partial charge < -0.3 is 24.6 Å². The second kappa shape index (κ2) is 13.7. The van der Waals surface area contributed by atoms with E-state index < -0.39 is 17.2 Å². The van der Waals surface area contributed by atoms with Crippen LogP contribution in [0.25, 0.3) is 32.9 Å². The summed E-state index contributed by atoms with van der Waals surface area (Å²) in [5.74, 6) is -0.0263. The van der Waals surface area contributed by atoms with E-state index in [9.17, 15) is 10.2 Å². The Bertz CT molecular complexity index is 1930. The number of β-amino-alcohol motifs (C(OH)–C–C–N with tert-alkyl or cyclic N) is 1. The first kappa shape index (κ1) is 34.4. The number of aryl methyl sites for hydroxylation is 1. The van der Waals surface area contributed by atoms with Crippen molar-refractivity contribution in [1.29, 1.82) is 0 Å². The fraction of sp³-hybridized carbons (Fsp3) is 0.575. The standard InChI is InChI=1S/C40H49F2N5O4/c1-3-29-32(41)11-10-26-18-28(48)19-30(33(26)29)35-34(42)36-31(20-43-35)37(46-16-6-13-39(2,49)23-46)45-38(44-36)51-24-40-14-7-17-47(40)27(12-15-40)22-50-21-25-8-4-5-9-25/h10-11,18-20,25,27,48-49H,3-9,12-17,21-24H2,1-2H3/t27-,39+,40-/m0/s1. The van der Waals surface area contributed by atoms with Gasteiger partial charge in [-0.2, -0.15) is 9.97 Å². The highest BCUT2D eigenvalue weighted by atomic mass is 19.1. The quantitative estimate of drug-likeness (QED) is 0.176. The van der Waals surface area contributed by atoms with E-state index in [1.165, 1.54) is 37.8 Å². The molecule has 272 valence electrons. The van der Waals surface area contributed by atoms with Crippen molar-refractivity contribution in [2.75, 3.05) is 44.4 Å². The highest BCUT2D eigenvalue weighted by Crippen LogP contribution is 2.44. The molecule has 0 spiro atoms. The van der Waals surface area contributed by atoms with Gasteiger partial charge in [-0.05, 0) is 112 Å². The van der Waals surface area contributed by atoms with Crippen LogP contribution in [0.3, 0.4) is 0 Å². The number of aromatic nitrogens is 3. The Hall–Kier alpha value is -3.67. The van der Waals surface area contributed by atoms with Crippen LogP contribution in [-0.2, 0) is 11.2 Å². The molecule has 0 radical (unpaired) electrons. The number of benzene rings is 2. The molecule has 4 fully saturated rings. The minimum absolute atomic E-state index is 0.0292. The van der Waals surface area contributed by atoms with Crippen molar-refractivity contribution in [2.45, 2.75) is 102 Å². The first-order valence-electron chi connectivity index (χ1n) is 18.9. The monoisotopic (exact) mass is 701 g/mol. The molecule has 2 N–H and O–H groups in total. The van der Waals surface area contributed by atoms with Gasteiger partial charge in [-0.3, -0.25) is 9.88 Å². The van der Waals surface area contributed by atoms with Gasteiger partial charge in [-0.25, -0.2) is 8.78 Å². The molecule has 51 heavy (non-hydrogen) atoms. The van der Waals surface area contributed by atoms with Crippen LogP contribution >= 0.6 is 0 Å². The third-order valence-electron chi connectivity index (χ3n) is 12.0. The number of nitrogens with zero attached hydrogens (tertiary/aromatic N) is 5. The Labute approximate surface area is 298 Å². The maximum atomic E-state index is 17.0. The molecule has 1 aliphatic carbocycles. The van der Waals surface area contributed by atoms with Gasteiger partial charge >= 0.3 is 6.01 Å². The van der Waals surface area contributed by atoms with Crippen LogP contribution < -0.4 is 9.64 Å². The number of hydrogen-bond donors (Lipinski definition) is 2. The molecular formula is C40H49F2N5O4. The summed E-state index contributed by atoms with van der Waals surface area (Å²) in [6.45, 7) is 7.55. The van der Waals surface area contributed by atoms with E-state index in [2.05, 4.69) is 14.9 Å². The minimum atomic E-state index is -0.939. The molecule has 4 aromatic rings. The summed E-state index contributed by atoms with van der Waals surface area (Å²) >= 11 is 0. The van der Waals surface area contributed by atoms with Crippen molar-refractivity contribution in [1.82, 2.24) is 19.9 Å². The van der Waals surface area contributed by atoms with Crippen molar-refractivity contribution < 1.29 is 28.5 Å². The number of fused-ring (bicyclic) bond motifs is 3. The molecule has 0 bridgehead atoms.